The van der Waals surface area contributed by atoms with E-state index < -0.39 is 29.1 Å². The number of carbonyl (C=O) groups is 3. The van der Waals surface area contributed by atoms with Gasteiger partial charge in [0.2, 0.25) is 17.7 Å². The zero-order valence-electron chi connectivity index (χ0n) is 24.4. The first-order valence-corrected chi connectivity index (χ1v) is 14.7. The van der Waals surface area contributed by atoms with E-state index in [1.807, 2.05) is 45.9 Å². The van der Waals surface area contributed by atoms with Gasteiger partial charge in [0.15, 0.2) is 0 Å². The summed E-state index contributed by atoms with van der Waals surface area (Å²) in [6.07, 6.45) is 2.71. The number of hydrogen-bond donors (Lipinski definition) is 3. The second-order valence-electron chi connectivity index (χ2n) is 11.5. The van der Waals surface area contributed by atoms with Crippen LogP contribution < -0.4 is 15.4 Å². The zero-order chi connectivity index (χ0) is 29.4. The first-order chi connectivity index (χ1) is 19.7. The van der Waals surface area contributed by atoms with Crippen molar-refractivity contribution < 1.29 is 29.0 Å². The highest BCUT2D eigenvalue weighted by Crippen LogP contribution is 2.64. The van der Waals surface area contributed by atoms with Crippen molar-refractivity contribution in [3.8, 4) is 5.75 Å². The summed E-state index contributed by atoms with van der Waals surface area (Å²) in [6, 6.07) is 12.1. The number of fused-ring (bicyclic) bond motifs is 1. The van der Waals surface area contributed by atoms with Gasteiger partial charge in [0.25, 0.3) is 0 Å². The fourth-order valence-electron chi connectivity index (χ4n) is 7.14. The Morgan fingerprint density at radius 2 is 1.80 bits per heavy atom. The summed E-state index contributed by atoms with van der Waals surface area (Å²) >= 11 is 0. The zero-order valence-corrected chi connectivity index (χ0v) is 24.4. The van der Waals surface area contributed by atoms with Crippen molar-refractivity contribution in [3.63, 3.8) is 0 Å². The first kappa shape index (κ1) is 29.1. The molecule has 2 bridgehead atoms. The number of amides is 3. The molecule has 2 aromatic rings. The van der Waals surface area contributed by atoms with Crippen LogP contribution >= 0.6 is 0 Å². The fourth-order valence-corrected chi connectivity index (χ4v) is 7.14. The lowest BCUT2D eigenvalue weighted by molar-refractivity contribution is -0.144. The third-order valence-electron chi connectivity index (χ3n) is 9.10. The third kappa shape index (κ3) is 4.99. The largest absolute Gasteiger partial charge is 0.494 e. The average Bonchev–Trinajstić information content (AvgIpc) is 3.56. The molecule has 3 aliphatic rings. The number of carbonyl (C=O) groups excluding carboxylic acids is 3. The summed E-state index contributed by atoms with van der Waals surface area (Å²) in [5.74, 6) is -1.62. The maximum absolute atomic E-state index is 14.2. The van der Waals surface area contributed by atoms with Gasteiger partial charge in [-0.25, -0.2) is 0 Å². The van der Waals surface area contributed by atoms with Gasteiger partial charge in [-0.15, -0.1) is 0 Å². The van der Waals surface area contributed by atoms with E-state index in [0.717, 1.165) is 11.1 Å². The van der Waals surface area contributed by atoms with Gasteiger partial charge in [0.1, 0.15) is 17.4 Å². The number of ether oxygens (including phenoxy) is 2. The fraction of sp³-hybridized carbons (Fsp3) is 0.531. The van der Waals surface area contributed by atoms with Crippen molar-refractivity contribution in [2.45, 2.75) is 77.0 Å². The molecule has 9 nitrogen and oxygen atoms in total. The van der Waals surface area contributed by atoms with Crippen molar-refractivity contribution >= 4 is 29.1 Å². The number of anilines is 2. The highest BCUT2D eigenvalue weighted by Gasteiger charge is 2.78. The predicted octanol–water partition coefficient (Wildman–Crippen LogP) is 4.21. The van der Waals surface area contributed by atoms with E-state index in [4.69, 9.17) is 9.47 Å². The summed E-state index contributed by atoms with van der Waals surface area (Å²) < 4.78 is 12.3. The number of nitrogens with zero attached hydrogens (tertiary/aromatic N) is 1. The number of rotatable bonds is 11. The van der Waals surface area contributed by atoms with E-state index in [0.29, 0.717) is 62.4 Å². The SMILES string of the molecule is CCOc1ccc(NC(=O)[C@H]2[C@H]3C(=O)N(CCCCO)C(C(=O)Nc4cc(C)ccc4C)C34CC[C@]2(CC)O4)cc1. The Labute approximate surface area is 241 Å². The molecular formula is C32H41N3O6. The molecule has 3 amide bonds. The van der Waals surface area contributed by atoms with Gasteiger partial charge in [-0.2, -0.15) is 0 Å². The molecule has 5 rings (SSSR count). The first-order valence-electron chi connectivity index (χ1n) is 14.7. The van der Waals surface area contributed by atoms with Gasteiger partial charge in [-0.05, 0) is 94.3 Å². The highest BCUT2D eigenvalue weighted by molar-refractivity contribution is 6.05. The van der Waals surface area contributed by atoms with Crippen LogP contribution in [0, 0.1) is 25.7 Å². The standard InChI is InChI=1S/C32H41N3O6/c1-5-31-15-16-32(41-31)26(25(31)28(37)33-22-11-13-23(14-12-22)40-6-2)30(39)35(17-7-8-18-36)27(32)29(38)34-24-19-20(3)9-10-21(24)4/h9-14,19,25-27,36H,5-8,15-18H2,1-4H3,(H,33,37)(H,34,38)/t25-,26+,27?,31+,32?/m1/s1. The number of aliphatic hydroxyl groups excluding tert-OH is 1. The molecule has 0 radical (unpaired) electrons. The van der Waals surface area contributed by atoms with Crippen LogP contribution in [0.4, 0.5) is 11.4 Å². The Hall–Kier alpha value is -3.43. The molecule has 3 fully saturated rings. The molecule has 3 heterocycles. The summed E-state index contributed by atoms with van der Waals surface area (Å²) in [4.78, 5) is 43.8. The van der Waals surface area contributed by atoms with Crippen LogP contribution in [0.1, 0.15) is 57.1 Å². The summed E-state index contributed by atoms with van der Waals surface area (Å²) in [5.41, 5.74) is 1.30. The van der Waals surface area contributed by atoms with Crippen LogP contribution in [0.15, 0.2) is 42.5 Å². The lowest BCUT2D eigenvalue weighted by atomic mass is 9.65. The van der Waals surface area contributed by atoms with Gasteiger partial charge in [0, 0.05) is 24.5 Å². The average molecular weight is 564 g/mol. The smallest absolute Gasteiger partial charge is 0.250 e. The second kappa shape index (κ2) is 11.4. The Balaban J connectivity index is 1.48. The number of aliphatic hydroxyl groups is 1. The van der Waals surface area contributed by atoms with Crippen LogP contribution in [0.5, 0.6) is 5.75 Å². The monoisotopic (exact) mass is 563 g/mol. The van der Waals surface area contributed by atoms with Crippen LogP contribution in [-0.2, 0) is 19.1 Å². The van der Waals surface area contributed by atoms with Gasteiger partial charge >= 0.3 is 0 Å². The maximum Gasteiger partial charge on any atom is 0.250 e. The molecule has 220 valence electrons. The molecule has 3 N–H and O–H groups in total. The van der Waals surface area contributed by atoms with E-state index in [-0.39, 0.29) is 24.3 Å². The minimum absolute atomic E-state index is 0.00147. The van der Waals surface area contributed by atoms with Crippen molar-refractivity contribution in [1.29, 1.82) is 0 Å². The van der Waals surface area contributed by atoms with Crippen LogP contribution in [0.25, 0.3) is 0 Å². The molecule has 2 unspecified atom stereocenters. The Kier molecular flexibility index (Phi) is 8.12. The normalized spacial score (nSPS) is 28.1. The molecule has 2 aromatic carbocycles. The molecule has 0 aliphatic carbocycles. The summed E-state index contributed by atoms with van der Waals surface area (Å²) in [6.45, 7) is 8.63. The van der Waals surface area contributed by atoms with Crippen LogP contribution in [0.3, 0.4) is 0 Å². The van der Waals surface area contributed by atoms with Gasteiger partial charge in [0.05, 0.1) is 24.0 Å². The van der Waals surface area contributed by atoms with Gasteiger partial charge < -0.3 is 30.1 Å². The highest BCUT2D eigenvalue weighted by atomic mass is 16.5. The molecule has 3 saturated heterocycles. The summed E-state index contributed by atoms with van der Waals surface area (Å²) in [5, 5.41) is 15.5. The van der Waals surface area contributed by atoms with Gasteiger partial charge in [-0.1, -0.05) is 19.1 Å². The number of benzene rings is 2. The molecule has 3 aliphatic heterocycles. The molecule has 5 atom stereocenters. The minimum Gasteiger partial charge on any atom is -0.494 e. The molecule has 9 heteroatoms. The van der Waals surface area contributed by atoms with Crippen LogP contribution in [0.2, 0.25) is 0 Å². The quantitative estimate of drug-likeness (QED) is 0.353. The van der Waals surface area contributed by atoms with E-state index >= 15 is 0 Å². The van der Waals surface area contributed by atoms with E-state index in [1.165, 1.54) is 0 Å². The van der Waals surface area contributed by atoms with E-state index in [1.54, 1.807) is 29.2 Å². The molecule has 1 spiro atoms. The second-order valence-corrected chi connectivity index (χ2v) is 11.5. The van der Waals surface area contributed by atoms with Crippen LogP contribution in [-0.4, -0.2) is 64.7 Å². The lowest BCUT2D eigenvalue weighted by Crippen LogP contribution is -2.53. The molecule has 0 saturated carbocycles. The Morgan fingerprint density at radius 1 is 1.05 bits per heavy atom. The van der Waals surface area contributed by atoms with Crippen molar-refractivity contribution in [3.05, 3.63) is 53.6 Å². The number of likely N-dealkylation sites (tertiary alicyclic amines) is 1. The van der Waals surface area contributed by atoms with Gasteiger partial charge in [-0.3, -0.25) is 14.4 Å². The predicted molar refractivity (Wildman–Crippen MR) is 156 cm³/mol. The molecular weight excluding hydrogens is 522 g/mol. The number of aryl methyl sites for hydroxylation is 2. The number of hydrogen-bond acceptors (Lipinski definition) is 6. The van der Waals surface area contributed by atoms with E-state index in [9.17, 15) is 19.5 Å². The van der Waals surface area contributed by atoms with Crippen molar-refractivity contribution in [2.24, 2.45) is 11.8 Å². The maximum atomic E-state index is 14.2. The molecule has 0 aromatic heterocycles. The third-order valence-corrected chi connectivity index (χ3v) is 9.10. The van der Waals surface area contributed by atoms with Crippen molar-refractivity contribution in [1.82, 2.24) is 4.90 Å². The number of nitrogens with one attached hydrogen (secondary N) is 2. The Bertz CT molecular complexity index is 1310. The topological polar surface area (TPSA) is 117 Å². The lowest BCUT2D eigenvalue weighted by Gasteiger charge is -2.34. The summed E-state index contributed by atoms with van der Waals surface area (Å²) in [7, 11) is 0. The Morgan fingerprint density at radius 3 is 2.49 bits per heavy atom. The minimum atomic E-state index is -1.10. The van der Waals surface area contributed by atoms with Crippen molar-refractivity contribution in [2.75, 3.05) is 30.4 Å². The molecule has 41 heavy (non-hydrogen) atoms. The van der Waals surface area contributed by atoms with E-state index in [2.05, 4.69) is 10.6 Å². The number of unbranched alkanes of at least 4 members (excludes halogenated alkanes) is 1.